The second-order valence-corrected chi connectivity index (χ2v) is 7.55. The van der Waals surface area contributed by atoms with Gasteiger partial charge in [-0.25, -0.2) is 4.98 Å². The van der Waals surface area contributed by atoms with Crippen molar-refractivity contribution in [1.29, 1.82) is 0 Å². The number of aryl methyl sites for hydroxylation is 1. The van der Waals surface area contributed by atoms with Crippen LogP contribution < -0.4 is 0 Å². The van der Waals surface area contributed by atoms with Gasteiger partial charge in [0.2, 0.25) is 11.8 Å². The maximum Gasteiger partial charge on any atom is 0.225 e. The first-order chi connectivity index (χ1) is 11.5. The zero-order valence-electron chi connectivity index (χ0n) is 14.2. The van der Waals surface area contributed by atoms with Crippen LogP contribution in [0.4, 0.5) is 0 Å². The molecule has 0 saturated carbocycles. The quantitative estimate of drug-likeness (QED) is 0.856. The third-order valence-corrected chi connectivity index (χ3v) is 5.43. The molecule has 2 heterocycles. The van der Waals surface area contributed by atoms with Gasteiger partial charge in [-0.05, 0) is 12.1 Å². The molecule has 2 amide bonds. The first-order valence-electron chi connectivity index (χ1n) is 8.45. The van der Waals surface area contributed by atoms with E-state index in [9.17, 15) is 9.59 Å². The van der Waals surface area contributed by atoms with Gasteiger partial charge in [-0.1, -0.05) is 26.0 Å². The lowest BCUT2D eigenvalue weighted by Gasteiger charge is -2.35. The summed E-state index contributed by atoms with van der Waals surface area (Å²) in [6, 6.07) is 8.05. The van der Waals surface area contributed by atoms with Gasteiger partial charge < -0.3 is 9.80 Å². The van der Waals surface area contributed by atoms with E-state index < -0.39 is 0 Å². The number of thiazole rings is 1. The van der Waals surface area contributed by atoms with Crippen molar-refractivity contribution in [2.75, 3.05) is 26.2 Å². The predicted octanol–water partition coefficient (Wildman–Crippen LogP) is 2.56. The van der Waals surface area contributed by atoms with E-state index in [1.165, 1.54) is 4.70 Å². The molecule has 1 saturated heterocycles. The Kier molecular flexibility index (Phi) is 5.14. The van der Waals surface area contributed by atoms with E-state index in [4.69, 9.17) is 0 Å². The van der Waals surface area contributed by atoms with Crippen LogP contribution in [-0.4, -0.2) is 52.8 Å². The molecule has 2 aromatic rings. The van der Waals surface area contributed by atoms with E-state index in [0.717, 1.165) is 10.5 Å². The van der Waals surface area contributed by atoms with E-state index in [2.05, 4.69) is 11.1 Å². The lowest BCUT2D eigenvalue weighted by molar-refractivity contribution is -0.141. The summed E-state index contributed by atoms with van der Waals surface area (Å²) >= 11 is 1.66. The van der Waals surface area contributed by atoms with E-state index in [1.807, 2.05) is 41.8 Å². The maximum atomic E-state index is 12.4. The highest BCUT2D eigenvalue weighted by atomic mass is 32.1. The summed E-state index contributed by atoms with van der Waals surface area (Å²) in [6.45, 7) is 6.39. The van der Waals surface area contributed by atoms with Crippen molar-refractivity contribution in [3.8, 4) is 0 Å². The molecule has 1 aromatic carbocycles. The average Bonchev–Trinajstić information content (AvgIpc) is 3.02. The number of benzene rings is 1. The Morgan fingerprint density at radius 1 is 1.12 bits per heavy atom. The van der Waals surface area contributed by atoms with Gasteiger partial charge in [0.1, 0.15) is 0 Å². The van der Waals surface area contributed by atoms with Crippen LogP contribution >= 0.6 is 11.3 Å². The lowest BCUT2D eigenvalue weighted by atomic mass is 10.1. The number of para-hydroxylation sites is 1. The minimum Gasteiger partial charge on any atom is -0.339 e. The Morgan fingerprint density at radius 2 is 1.79 bits per heavy atom. The first kappa shape index (κ1) is 16.9. The van der Waals surface area contributed by atoms with Crippen molar-refractivity contribution in [3.05, 3.63) is 29.3 Å². The zero-order valence-corrected chi connectivity index (χ0v) is 15.0. The van der Waals surface area contributed by atoms with E-state index in [0.29, 0.717) is 39.0 Å². The Labute approximate surface area is 146 Å². The molecule has 24 heavy (non-hydrogen) atoms. The summed E-state index contributed by atoms with van der Waals surface area (Å²) in [6.07, 6.45) is 1.17. The van der Waals surface area contributed by atoms with E-state index >= 15 is 0 Å². The number of piperazine rings is 1. The van der Waals surface area contributed by atoms with Gasteiger partial charge in [0.05, 0.1) is 15.2 Å². The molecule has 1 aliphatic heterocycles. The Morgan fingerprint density at radius 3 is 2.46 bits per heavy atom. The summed E-state index contributed by atoms with van der Waals surface area (Å²) < 4.78 is 1.17. The predicted molar refractivity (Wildman–Crippen MR) is 95.9 cm³/mol. The highest BCUT2D eigenvalue weighted by Crippen LogP contribution is 2.22. The van der Waals surface area contributed by atoms with Crippen LogP contribution in [0.3, 0.4) is 0 Å². The highest BCUT2D eigenvalue weighted by molar-refractivity contribution is 7.18. The van der Waals surface area contributed by atoms with Gasteiger partial charge in [-0.2, -0.15) is 0 Å². The highest BCUT2D eigenvalue weighted by Gasteiger charge is 2.25. The van der Waals surface area contributed by atoms with Crippen LogP contribution in [-0.2, 0) is 16.0 Å². The van der Waals surface area contributed by atoms with Crippen molar-refractivity contribution in [3.63, 3.8) is 0 Å². The minimum atomic E-state index is 0.0197. The van der Waals surface area contributed by atoms with Crippen molar-refractivity contribution < 1.29 is 9.59 Å². The summed E-state index contributed by atoms with van der Waals surface area (Å²) in [7, 11) is 0. The maximum absolute atomic E-state index is 12.4. The van der Waals surface area contributed by atoms with Crippen LogP contribution in [0.1, 0.15) is 25.3 Å². The fraction of sp³-hybridized carbons (Fsp3) is 0.500. The SMILES string of the molecule is CC(C)C(=O)N1CCN(C(=O)CCc2nc3ccccc3s2)CC1. The van der Waals surface area contributed by atoms with Crippen LogP contribution in [0.5, 0.6) is 0 Å². The smallest absolute Gasteiger partial charge is 0.225 e. The second kappa shape index (κ2) is 7.30. The second-order valence-electron chi connectivity index (χ2n) is 6.44. The van der Waals surface area contributed by atoms with Crippen molar-refractivity contribution in [1.82, 2.24) is 14.8 Å². The summed E-state index contributed by atoms with van der Waals surface area (Å²) in [5, 5.41) is 1.01. The van der Waals surface area contributed by atoms with E-state index in [-0.39, 0.29) is 17.7 Å². The Hall–Kier alpha value is -1.95. The summed E-state index contributed by atoms with van der Waals surface area (Å²) in [5.41, 5.74) is 1.01. The third-order valence-electron chi connectivity index (χ3n) is 4.33. The van der Waals surface area contributed by atoms with Crippen LogP contribution in [0.2, 0.25) is 0 Å². The van der Waals surface area contributed by atoms with Crippen LogP contribution in [0.25, 0.3) is 10.2 Å². The third kappa shape index (κ3) is 3.75. The fourth-order valence-electron chi connectivity index (χ4n) is 2.94. The summed E-state index contributed by atoms with van der Waals surface area (Å²) in [5.74, 6) is 0.355. The Bertz CT molecular complexity index is 700. The van der Waals surface area contributed by atoms with E-state index in [1.54, 1.807) is 11.3 Å². The molecule has 0 radical (unpaired) electrons. The van der Waals surface area contributed by atoms with Gasteiger partial charge in [0.15, 0.2) is 0 Å². The van der Waals surface area contributed by atoms with Gasteiger partial charge in [-0.15, -0.1) is 11.3 Å². The molecule has 1 fully saturated rings. The number of fused-ring (bicyclic) bond motifs is 1. The number of amides is 2. The van der Waals surface area contributed by atoms with Gasteiger partial charge >= 0.3 is 0 Å². The molecule has 1 aromatic heterocycles. The van der Waals surface area contributed by atoms with Gasteiger partial charge in [0.25, 0.3) is 0 Å². The molecule has 0 spiro atoms. The molecule has 0 bridgehead atoms. The molecule has 0 N–H and O–H groups in total. The molecule has 1 aliphatic rings. The van der Waals surface area contributed by atoms with Gasteiger partial charge in [0, 0.05) is 44.9 Å². The standard InChI is InChI=1S/C18H23N3O2S/c1-13(2)18(23)21-11-9-20(10-12-21)17(22)8-7-16-19-14-5-3-4-6-15(14)24-16/h3-6,13H,7-12H2,1-2H3. The number of carbonyl (C=O) groups excluding carboxylic acids is 2. The lowest BCUT2D eigenvalue weighted by Crippen LogP contribution is -2.51. The van der Waals surface area contributed by atoms with Gasteiger partial charge in [-0.3, -0.25) is 9.59 Å². The number of nitrogens with zero attached hydrogens (tertiary/aromatic N) is 3. The molecule has 0 aliphatic carbocycles. The fourth-order valence-corrected chi connectivity index (χ4v) is 3.91. The topological polar surface area (TPSA) is 53.5 Å². The normalized spacial score (nSPS) is 15.3. The number of hydrogen-bond acceptors (Lipinski definition) is 4. The Balaban J connectivity index is 1.50. The van der Waals surface area contributed by atoms with Crippen molar-refractivity contribution >= 4 is 33.4 Å². The number of hydrogen-bond donors (Lipinski definition) is 0. The first-order valence-corrected chi connectivity index (χ1v) is 9.27. The largest absolute Gasteiger partial charge is 0.339 e. The number of aromatic nitrogens is 1. The molecule has 0 unspecified atom stereocenters. The number of rotatable bonds is 4. The number of carbonyl (C=O) groups is 2. The minimum absolute atomic E-state index is 0.0197. The van der Waals surface area contributed by atoms with Crippen LogP contribution in [0, 0.1) is 5.92 Å². The zero-order chi connectivity index (χ0) is 17.1. The average molecular weight is 345 g/mol. The monoisotopic (exact) mass is 345 g/mol. The molecule has 3 rings (SSSR count). The van der Waals surface area contributed by atoms with Crippen LogP contribution in [0.15, 0.2) is 24.3 Å². The molecule has 6 heteroatoms. The summed E-state index contributed by atoms with van der Waals surface area (Å²) in [4.78, 5) is 32.7. The molecular weight excluding hydrogens is 322 g/mol. The molecular formula is C18H23N3O2S. The molecule has 5 nitrogen and oxygen atoms in total. The molecule has 128 valence electrons. The van der Waals surface area contributed by atoms with Crippen molar-refractivity contribution in [2.45, 2.75) is 26.7 Å². The molecule has 0 atom stereocenters. The van der Waals surface area contributed by atoms with Crippen molar-refractivity contribution in [2.24, 2.45) is 5.92 Å².